The molecule has 0 fully saturated rings. The molecule has 0 spiro atoms. The van der Waals surface area contributed by atoms with Gasteiger partial charge in [-0.05, 0) is 52.4 Å². The van der Waals surface area contributed by atoms with E-state index in [1.165, 1.54) is 19.3 Å². The van der Waals surface area contributed by atoms with E-state index in [9.17, 15) is 14.4 Å². The zero-order chi connectivity index (χ0) is 26.7. The number of hydrogen-bond acceptors (Lipinski definition) is 6. The van der Waals surface area contributed by atoms with Crippen LogP contribution < -0.4 is 5.32 Å². The van der Waals surface area contributed by atoms with E-state index < -0.39 is 17.2 Å². The standard InChI is InChI=1S/C28H51NO6/c1-8-12-14-17-23(9-2)22-35-27(5,6)24(30)18-15-13-16-20-34-28(7,11-4)26(32)29-19-21-33-25(31)10-3/h10,23H,3,8-9,11-22H2,1-2,4-7H3,(H,29,32). The molecule has 0 rings (SSSR count). The number of carbonyl (C=O) groups excluding carboxylic acids is 3. The summed E-state index contributed by atoms with van der Waals surface area (Å²) in [4.78, 5) is 36.2. The number of nitrogens with one attached hydrogen (secondary N) is 1. The molecule has 0 aromatic heterocycles. The van der Waals surface area contributed by atoms with Crippen molar-refractivity contribution in [1.82, 2.24) is 5.32 Å². The zero-order valence-corrected chi connectivity index (χ0v) is 23.2. The van der Waals surface area contributed by atoms with Crippen LogP contribution in [0.3, 0.4) is 0 Å². The third-order valence-electron chi connectivity index (χ3n) is 6.57. The number of carbonyl (C=O) groups is 3. The van der Waals surface area contributed by atoms with E-state index in [4.69, 9.17) is 14.2 Å². The predicted molar refractivity (Wildman–Crippen MR) is 140 cm³/mol. The van der Waals surface area contributed by atoms with E-state index >= 15 is 0 Å². The van der Waals surface area contributed by atoms with Crippen LogP contribution in [0.5, 0.6) is 0 Å². The number of unbranched alkanes of at least 4 members (excludes halogenated alkanes) is 4. The molecule has 35 heavy (non-hydrogen) atoms. The summed E-state index contributed by atoms with van der Waals surface area (Å²) in [7, 11) is 0. The Kier molecular flexibility index (Phi) is 17.6. The molecule has 0 aliphatic rings. The molecule has 0 aliphatic carbocycles. The van der Waals surface area contributed by atoms with Crippen LogP contribution in [0.1, 0.15) is 106 Å². The number of rotatable bonds is 22. The maximum Gasteiger partial charge on any atom is 0.330 e. The normalized spacial score (nSPS) is 14.1. The topological polar surface area (TPSA) is 90.9 Å². The fraction of sp³-hybridized carbons (Fsp3) is 0.821. The van der Waals surface area contributed by atoms with Gasteiger partial charge in [0.25, 0.3) is 5.91 Å². The maximum atomic E-state index is 12.7. The average molecular weight is 498 g/mol. The number of esters is 1. The lowest BCUT2D eigenvalue weighted by atomic mass is 9.96. The first-order valence-corrected chi connectivity index (χ1v) is 13.4. The van der Waals surface area contributed by atoms with Gasteiger partial charge in [-0.3, -0.25) is 9.59 Å². The van der Waals surface area contributed by atoms with Crippen molar-refractivity contribution < 1.29 is 28.6 Å². The fourth-order valence-electron chi connectivity index (χ4n) is 3.55. The van der Waals surface area contributed by atoms with E-state index in [1.807, 2.05) is 20.8 Å². The second-order valence-electron chi connectivity index (χ2n) is 9.89. The van der Waals surface area contributed by atoms with E-state index in [0.717, 1.165) is 38.2 Å². The van der Waals surface area contributed by atoms with Gasteiger partial charge in [-0.1, -0.05) is 59.5 Å². The fourth-order valence-corrected chi connectivity index (χ4v) is 3.55. The Labute approximate surface area is 213 Å². The molecule has 1 N–H and O–H groups in total. The van der Waals surface area contributed by atoms with Gasteiger partial charge in [-0.15, -0.1) is 0 Å². The number of ether oxygens (including phenoxy) is 3. The third kappa shape index (κ3) is 14.4. The van der Waals surface area contributed by atoms with Gasteiger partial charge in [-0.25, -0.2) is 4.79 Å². The van der Waals surface area contributed by atoms with E-state index in [0.29, 0.717) is 32.0 Å². The van der Waals surface area contributed by atoms with Gasteiger partial charge in [0.05, 0.1) is 13.2 Å². The van der Waals surface area contributed by atoms with Crippen LogP contribution in [-0.4, -0.2) is 55.2 Å². The maximum absolute atomic E-state index is 12.7. The van der Waals surface area contributed by atoms with Crippen molar-refractivity contribution in [2.75, 3.05) is 26.4 Å². The molecule has 7 nitrogen and oxygen atoms in total. The Bertz CT molecular complexity index is 633. The van der Waals surface area contributed by atoms with Crippen LogP contribution in [0.2, 0.25) is 0 Å². The zero-order valence-electron chi connectivity index (χ0n) is 23.2. The minimum Gasteiger partial charge on any atom is -0.461 e. The van der Waals surface area contributed by atoms with E-state index in [-0.39, 0.29) is 24.8 Å². The first-order chi connectivity index (χ1) is 16.6. The van der Waals surface area contributed by atoms with E-state index in [1.54, 1.807) is 6.92 Å². The summed E-state index contributed by atoms with van der Waals surface area (Å²) in [5.74, 6) is -0.103. The van der Waals surface area contributed by atoms with E-state index in [2.05, 4.69) is 25.7 Å². The first kappa shape index (κ1) is 33.3. The van der Waals surface area contributed by atoms with Crippen LogP contribution in [0.4, 0.5) is 0 Å². The first-order valence-electron chi connectivity index (χ1n) is 13.4. The summed E-state index contributed by atoms with van der Waals surface area (Å²) in [5.41, 5.74) is -1.70. The molecule has 2 atom stereocenters. The van der Waals surface area contributed by atoms with Gasteiger partial charge in [0.15, 0.2) is 5.78 Å². The Hall–Kier alpha value is -1.73. The highest BCUT2D eigenvalue weighted by molar-refractivity contribution is 5.86. The highest BCUT2D eigenvalue weighted by Crippen LogP contribution is 2.21. The average Bonchev–Trinajstić information content (AvgIpc) is 2.85. The second kappa shape index (κ2) is 18.5. The van der Waals surface area contributed by atoms with Gasteiger partial charge in [0, 0.05) is 19.1 Å². The van der Waals surface area contributed by atoms with Crippen molar-refractivity contribution >= 4 is 17.7 Å². The molecular weight excluding hydrogens is 446 g/mol. The Morgan fingerprint density at radius 3 is 2.26 bits per heavy atom. The van der Waals surface area contributed by atoms with Crippen molar-refractivity contribution in [2.24, 2.45) is 5.92 Å². The number of Topliss-reactive ketones (excluding diaryl/α,β-unsaturated/α-hetero) is 1. The predicted octanol–water partition coefficient (Wildman–Crippen LogP) is 5.55. The van der Waals surface area contributed by atoms with Gasteiger partial charge in [0.1, 0.15) is 17.8 Å². The largest absolute Gasteiger partial charge is 0.461 e. The summed E-state index contributed by atoms with van der Waals surface area (Å²) >= 11 is 0. The lowest BCUT2D eigenvalue weighted by molar-refractivity contribution is -0.147. The van der Waals surface area contributed by atoms with Crippen molar-refractivity contribution in [1.29, 1.82) is 0 Å². The Morgan fingerprint density at radius 2 is 1.66 bits per heavy atom. The Balaban J connectivity index is 4.23. The quantitative estimate of drug-likeness (QED) is 0.120. The minimum atomic E-state index is -0.943. The molecule has 0 heterocycles. The van der Waals surface area contributed by atoms with Crippen LogP contribution in [0, 0.1) is 5.92 Å². The highest BCUT2D eigenvalue weighted by Gasteiger charge is 2.32. The molecule has 204 valence electrons. The molecule has 0 aromatic rings. The van der Waals surface area contributed by atoms with Gasteiger partial charge >= 0.3 is 5.97 Å². The summed E-state index contributed by atoms with van der Waals surface area (Å²) in [5, 5.41) is 2.74. The lowest BCUT2D eigenvalue weighted by Gasteiger charge is -2.28. The third-order valence-corrected chi connectivity index (χ3v) is 6.57. The molecule has 0 saturated heterocycles. The van der Waals surface area contributed by atoms with Crippen LogP contribution in [0.25, 0.3) is 0 Å². The smallest absolute Gasteiger partial charge is 0.330 e. The summed E-state index contributed by atoms with van der Waals surface area (Å²) in [6.07, 6.45) is 10.4. The molecular formula is C28H51NO6. The molecule has 2 unspecified atom stereocenters. The van der Waals surface area contributed by atoms with Crippen LogP contribution >= 0.6 is 0 Å². The summed E-state index contributed by atoms with van der Waals surface area (Å²) in [6, 6.07) is 0. The van der Waals surface area contributed by atoms with Gasteiger partial charge < -0.3 is 19.5 Å². The molecule has 7 heteroatoms. The Morgan fingerprint density at radius 1 is 0.943 bits per heavy atom. The van der Waals surface area contributed by atoms with Crippen LogP contribution in [-0.2, 0) is 28.6 Å². The number of amides is 1. The highest BCUT2D eigenvalue weighted by atomic mass is 16.5. The molecule has 0 radical (unpaired) electrons. The number of hydrogen-bond donors (Lipinski definition) is 1. The number of ketones is 1. The SMILES string of the molecule is C=CC(=O)OCCNC(=O)C(C)(CC)OCCCCCC(=O)C(C)(C)OCC(CC)CCCCC. The van der Waals surface area contributed by atoms with Crippen molar-refractivity contribution in [3.8, 4) is 0 Å². The van der Waals surface area contributed by atoms with Crippen LogP contribution in [0.15, 0.2) is 12.7 Å². The summed E-state index contributed by atoms with van der Waals surface area (Å²) < 4.78 is 16.8. The van der Waals surface area contributed by atoms with Crippen molar-refractivity contribution in [3.05, 3.63) is 12.7 Å². The lowest BCUT2D eigenvalue weighted by Crippen LogP contribution is -2.47. The molecule has 0 aromatic carbocycles. The van der Waals surface area contributed by atoms with Crippen molar-refractivity contribution in [3.63, 3.8) is 0 Å². The van der Waals surface area contributed by atoms with Gasteiger partial charge in [0.2, 0.25) is 0 Å². The molecule has 0 aliphatic heterocycles. The van der Waals surface area contributed by atoms with Gasteiger partial charge in [-0.2, -0.15) is 0 Å². The monoisotopic (exact) mass is 497 g/mol. The molecule has 0 saturated carbocycles. The second-order valence-corrected chi connectivity index (χ2v) is 9.89. The molecule has 0 bridgehead atoms. The molecule has 1 amide bonds. The van der Waals surface area contributed by atoms with Crippen molar-refractivity contribution in [2.45, 2.75) is 117 Å². The summed E-state index contributed by atoms with van der Waals surface area (Å²) in [6.45, 7) is 16.5. The minimum absolute atomic E-state index is 0.0858.